The molecule has 0 bridgehead atoms. The molecule has 0 spiro atoms. The first-order chi connectivity index (χ1) is 16.8. The van der Waals surface area contributed by atoms with Gasteiger partial charge in [0.1, 0.15) is 0 Å². The first-order valence-corrected chi connectivity index (χ1v) is 12.0. The summed E-state index contributed by atoms with van der Waals surface area (Å²) < 4.78 is 0. The monoisotopic (exact) mass is 432 g/mol. The molecule has 1 atom stereocenters. The first-order valence-electron chi connectivity index (χ1n) is 12.0. The zero-order valence-electron chi connectivity index (χ0n) is 19.1. The molecular weight excluding hydrogens is 408 g/mol. The highest BCUT2D eigenvalue weighted by Crippen LogP contribution is 2.57. The van der Waals surface area contributed by atoms with Crippen LogP contribution in [0.3, 0.4) is 0 Å². The molecule has 0 saturated heterocycles. The van der Waals surface area contributed by atoms with Crippen LogP contribution in [-0.4, -0.2) is 0 Å². The maximum atomic E-state index is 2.41. The summed E-state index contributed by atoms with van der Waals surface area (Å²) in [6, 6.07) is 47.3. The Kier molecular flexibility index (Phi) is 4.07. The molecule has 0 nitrogen and oxygen atoms in total. The number of hydrogen-bond donors (Lipinski definition) is 0. The Labute approximate surface area is 200 Å². The average molecular weight is 433 g/mol. The minimum atomic E-state index is -0.386. The molecule has 7 rings (SSSR count). The van der Waals surface area contributed by atoms with Gasteiger partial charge in [-0.05, 0) is 67.9 Å². The average Bonchev–Trinajstić information content (AvgIpc) is 3.18. The molecule has 0 amide bonds. The SMILES string of the molecule is Cc1ccc2c(c1)C(c1ccc3ccccc3c1)(c1cccc3ccccc13)c1ccccc1-2. The van der Waals surface area contributed by atoms with Crippen molar-refractivity contribution in [2.24, 2.45) is 0 Å². The number of aryl methyl sites for hydroxylation is 1. The Bertz CT molecular complexity index is 1720. The van der Waals surface area contributed by atoms with Gasteiger partial charge in [-0.3, -0.25) is 0 Å². The van der Waals surface area contributed by atoms with Crippen LogP contribution in [0.15, 0.2) is 127 Å². The van der Waals surface area contributed by atoms with Gasteiger partial charge in [0.2, 0.25) is 0 Å². The summed E-state index contributed by atoms with van der Waals surface area (Å²) in [6.07, 6.45) is 0. The van der Waals surface area contributed by atoms with Gasteiger partial charge in [0.25, 0.3) is 0 Å². The molecule has 0 heteroatoms. The first kappa shape index (κ1) is 19.3. The smallest absolute Gasteiger partial charge is 0.0619 e. The normalized spacial score (nSPS) is 16.5. The molecule has 1 aliphatic rings. The molecule has 1 unspecified atom stereocenters. The van der Waals surface area contributed by atoms with Crippen LogP contribution in [0.25, 0.3) is 32.7 Å². The number of rotatable bonds is 2. The second-order valence-electron chi connectivity index (χ2n) is 9.43. The van der Waals surface area contributed by atoms with Crippen LogP contribution >= 0.6 is 0 Å². The van der Waals surface area contributed by atoms with Crippen molar-refractivity contribution in [2.75, 3.05) is 0 Å². The summed E-state index contributed by atoms with van der Waals surface area (Å²) >= 11 is 0. The molecule has 0 radical (unpaired) electrons. The molecule has 0 fully saturated rings. The Morgan fingerprint density at radius 1 is 0.441 bits per heavy atom. The zero-order valence-corrected chi connectivity index (χ0v) is 19.1. The van der Waals surface area contributed by atoms with E-state index in [1.165, 1.54) is 60.5 Å². The second kappa shape index (κ2) is 7.17. The summed E-state index contributed by atoms with van der Waals surface area (Å²) in [7, 11) is 0. The van der Waals surface area contributed by atoms with Gasteiger partial charge in [-0.15, -0.1) is 0 Å². The molecule has 34 heavy (non-hydrogen) atoms. The third-order valence-corrected chi connectivity index (χ3v) is 7.58. The van der Waals surface area contributed by atoms with Crippen molar-refractivity contribution in [3.8, 4) is 11.1 Å². The van der Waals surface area contributed by atoms with E-state index in [1.807, 2.05) is 0 Å². The molecule has 6 aromatic rings. The summed E-state index contributed by atoms with van der Waals surface area (Å²) in [5, 5.41) is 5.13. The molecule has 0 N–H and O–H groups in total. The quantitative estimate of drug-likeness (QED) is 0.256. The molecule has 1 aliphatic carbocycles. The Balaban J connectivity index is 1.71. The van der Waals surface area contributed by atoms with Gasteiger partial charge in [-0.25, -0.2) is 0 Å². The van der Waals surface area contributed by atoms with Gasteiger partial charge < -0.3 is 0 Å². The van der Waals surface area contributed by atoms with Gasteiger partial charge in [0.15, 0.2) is 0 Å². The predicted molar refractivity (Wildman–Crippen MR) is 143 cm³/mol. The maximum Gasteiger partial charge on any atom is 0.0719 e. The molecule has 0 aliphatic heterocycles. The minimum absolute atomic E-state index is 0.386. The summed E-state index contributed by atoms with van der Waals surface area (Å²) in [4.78, 5) is 0. The summed E-state index contributed by atoms with van der Waals surface area (Å²) in [6.45, 7) is 2.21. The van der Waals surface area contributed by atoms with Crippen molar-refractivity contribution < 1.29 is 0 Å². The lowest BCUT2D eigenvalue weighted by Crippen LogP contribution is -2.29. The maximum absolute atomic E-state index is 2.41. The summed E-state index contributed by atoms with van der Waals surface area (Å²) in [5.74, 6) is 0. The standard InChI is InChI=1S/C34H24/c1-23-17-20-30-29-14-6-7-15-32(29)34(33(30)21-23,27-19-18-24-9-2-3-11-26(24)22-27)31-16-8-12-25-10-4-5-13-28(25)31/h2-22H,1H3. The summed E-state index contributed by atoms with van der Waals surface area (Å²) in [5.41, 5.74) is 8.97. The molecule has 6 aromatic carbocycles. The van der Waals surface area contributed by atoms with Crippen LogP contribution in [0.2, 0.25) is 0 Å². The van der Waals surface area contributed by atoms with E-state index in [1.54, 1.807) is 0 Å². The van der Waals surface area contributed by atoms with Crippen molar-refractivity contribution in [1.82, 2.24) is 0 Å². The number of hydrogen-bond acceptors (Lipinski definition) is 0. The molecular formula is C34H24. The van der Waals surface area contributed by atoms with E-state index in [4.69, 9.17) is 0 Å². The van der Waals surface area contributed by atoms with Crippen LogP contribution in [0.5, 0.6) is 0 Å². The van der Waals surface area contributed by atoms with Crippen molar-refractivity contribution in [3.05, 3.63) is 155 Å². The third-order valence-electron chi connectivity index (χ3n) is 7.58. The van der Waals surface area contributed by atoms with Gasteiger partial charge in [0.05, 0.1) is 5.41 Å². The van der Waals surface area contributed by atoms with E-state index >= 15 is 0 Å². The topological polar surface area (TPSA) is 0 Å². The van der Waals surface area contributed by atoms with Crippen LogP contribution in [0, 0.1) is 6.92 Å². The number of fused-ring (bicyclic) bond motifs is 5. The Morgan fingerprint density at radius 3 is 2.03 bits per heavy atom. The van der Waals surface area contributed by atoms with E-state index in [0.29, 0.717) is 0 Å². The Morgan fingerprint density at radius 2 is 1.12 bits per heavy atom. The van der Waals surface area contributed by atoms with Crippen LogP contribution in [-0.2, 0) is 5.41 Å². The van der Waals surface area contributed by atoms with Crippen molar-refractivity contribution >= 4 is 21.5 Å². The molecule has 0 heterocycles. The van der Waals surface area contributed by atoms with E-state index in [9.17, 15) is 0 Å². The van der Waals surface area contributed by atoms with Crippen molar-refractivity contribution in [3.63, 3.8) is 0 Å². The Hall–Kier alpha value is -4.16. The second-order valence-corrected chi connectivity index (χ2v) is 9.43. The van der Waals surface area contributed by atoms with Crippen molar-refractivity contribution in [2.45, 2.75) is 12.3 Å². The minimum Gasteiger partial charge on any atom is -0.0619 e. The molecule has 0 saturated carbocycles. The van der Waals surface area contributed by atoms with Crippen LogP contribution in [0.4, 0.5) is 0 Å². The highest BCUT2D eigenvalue weighted by molar-refractivity contribution is 5.95. The number of benzene rings is 6. The lowest BCUT2D eigenvalue weighted by atomic mass is 9.66. The highest BCUT2D eigenvalue weighted by Gasteiger charge is 2.46. The third kappa shape index (κ3) is 2.54. The van der Waals surface area contributed by atoms with E-state index < -0.39 is 0 Å². The zero-order chi connectivity index (χ0) is 22.7. The van der Waals surface area contributed by atoms with Crippen LogP contribution in [0.1, 0.15) is 27.8 Å². The fraction of sp³-hybridized carbons (Fsp3) is 0.0588. The van der Waals surface area contributed by atoms with E-state index in [0.717, 1.165) is 0 Å². The molecule has 0 aromatic heterocycles. The molecule has 160 valence electrons. The predicted octanol–water partition coefficient (Wildman–Crippen LogP) is 8.66. The van der Waals surface area contributed by atoms with E-state index in [-0.39, 0.29) is 5.41 Å². The lowest BCUT2D eigenvalue weighted by Gasteiger charge is -2.35. The van der Waals surface area contributed by atoms with Gasteiger partial charge in [-0.1, -0.05) is 127 Å². The van der Waals surface area contributed by atoms with Gasteiger partial charge in [0, 0.05) is 0 Å². The van der Waals surface area contributed by atoms with E-state index in [2.05, 4.69) is 134 Å². The van der Waals surface area contributed by atoms with Crippen molar-refractivity contribution in [1.29, 1.82) is 0 Å². The fourth-order valence-corrected chi connectivity index (χ4v) is 6.12. The largest absolute Gasteiger partial charge is 0.0719 e. The lowest BCUT2D eigenvalue weighted by molar-refractivity contribution is 0.777. The van der Waals surface area contributed by atoms with Gasteiger partial charge >= 0.3 is 0 Å². The van der Waals surface area contributed by atoms with Crippen LogP contribution < -0.4 is 0 Å². The highest BCUT2D eigenvalue weighted by atomic mass is 14.5. The van der Waals surface area contributed by atoms with Gasteiger partial charge in [-0.2, -0.15) is 0 Å². The fourth-order valence-electron chi connectivity index (χ4n) is 6.12.